The monoisotopic (exact) mass is 1550 g/mol. The smallest absolute Gasteiger partial charge is 0.142 e. The summed E-state index contributed by atoms with van der Waals surface area (Å²) >= 11 is 7.50. The number of fused-ring (bicyclic) bond motifs is 10. The first-order valence-corrected chi connectivity index (χ1v) is 40.2. The molecule has 556 valence electrons. The molecule has 0 atom stereocenters. The van der Waals surface area contributed by atoms with E-state index in [0.717, 1.165) is 136 Å². The molecule has 2 aliphatic carbocycles. The lowest BCUT2D eigenvalue weighted by Crippen LogP contribution is -2.24. The Morgan fingerprint density at radius 1 is 0.204 bits per heavy atom. The van der Waals surface area contributed by atoms with Crippen LogP contribution in [0.15, 0.2) is 315 Å². The average molecular weight is 1550 g/mol. The highest BCUT2D eigenvalue weighted by Crippen LogP contribution is 2.71. The quantitative estimate of drug-likeness (QED) is 0.0577. The molecule has 0 amide bonds. The molecule has 0 radical (unpaired) electrons. The zero-order valence-corrected chi connectivity index (χ0v) is 66.5. The van der Waals surface area contributed by atoms with Crippen molar-refractivity contribution in [1.82, 2.24) is 0 Å². The van der Waals surface area contributed by atoms with Crippen molar-refractivity contribution in [2.75, 3.05) is 76.5 Å². The van der Waals surface area contributed by atoms with Crippen molar-refractivity contribution >= 4 is 114 Å². The van der Waals surface area contributed by atoms with Crippen LogP contribution >= 0.6 is 45.3 Å². The highest BCUT2D eigenvalue weighted by molar-refractivity contribution is 7.27. The van der Waals surface area contributed by atoms with Crippen LogP contribution in [0.1, 0.15) is 22.3 Å². The predicted octanol–water partition coefficient (Wildman–Crippen LogP) is 26.9. The van der Waals surface area contributed by atoms with E-state index >= 15 is 0 Å². The normalized spacial score (nSPS) is 12.0. The van der Waals surface area contributed by atoms with E-state index < -0.39 is 5.41 Å². The maximum atomic E-state index is 6.05. The van der Waals surface area contributed by atoms with Gasteiger partial charge >= 0.3 is 0 Å². The molecule has 0 saturated carbocycles. The number of methoxy groups -OCH3 is 8. The van der Waals surface area contributed by atoms with Crippen molar-refractivity contribution in [2.45, 2.75) is 5.41 Å². The number of ether oxygens (including phenoxy) is 8. The maximum absolute atomic E-state index is 6.05. The number of para-hydroxylation sites is 8. The second-order valence-corrected chi connectivity index (χ2v) is 31.4. The molecule has 0 unspecified atom stereocenters. The van der Waals surface area contributed by atoms with Crippen molar-refractivity contribution in [3.63, 3.8) is 0 Å². The summed E-state index contributed by atoms with van der Waals surface area (Å²) in [7, 11) is 13.7. The summed E-state index contributed by atoms with van der Waals surface area (Å²) in [5.41, 5.74) is 20.1. The molecule has 113 heavy (non-hydrogen) atoms. The lowest BCUT2D eigenvalue weighted by atomic mass is 9.72. The summed E-state index contributed by atoms with van der Waals surface area (Å²) in [6, 6.07) is 111. The molecule has 0 saturated heterocycles. The van der Waals surface area contributed by atoms with Crippen LogP contribution in [0, 0.1) is 0 Å². The van der Waals surface area contributed by atoms with E-state index in [4.69, 9.17) is 37.9 Å². The topological polar surface area (TPSA) is 86.8 Å². The van der Waals surface area contributed by atoms with Gasteiger partial charge in [0.2, 0.25) is 0 Å². The number of thiophene rings is 4. The zero-order valence-electron chi connectivity index (χ0n) is 63.2. The Morgan fingerprint density at radius 2 is 0.425 bits per heavy atom. The average Bonchev–Trinajstić information content (AvgIpc) is 1.49. The lowest BCUT2D eigenvalue weighted by Gasteiger charge is -2.28. The molecule has 4 heterocycles. The van der Waals surface area contributed by atoms with Crippen LogP contribution in [0.5, 0.6) is 46.0 Å². The SMILES string of the molecule is COc1cccc(N(c2ccc(-c3cc4c(s3)-c3sc(-c5ccc(N(c6cccc(OC)c6)c6cccc(OC)c6)cc5)cc3C43c4cc(-c5ccc(N(c6ccccc6OC)c6ccccc6OC)cc5)sc4-c4sc(-c5ccc(N(c6ccccc6OC)c6ccccc6OC)cc5)cc43)cc2)c2cccc(OC)c2)c1. The third kappa shape index (κ3) is 12.7. The second-order valence-electron chi connectivity index (χ2n) is 27.2. The van der Waals surface area contributed by atoms with Crippen LogP contribution in [-0.4, -0.2) is 56.9 Å². The fraction of sp³-hybridized carbons (Fsp3) is 0.0928. The van der Waals surface area contributed by atoms with Crippen LogP contribution in [0.3, 0.4) is 0 Å². The van der Waals surface area contributed by atoms with Gasteiger partial charge in [0.25, 0.3) is 0 Å². The van der Waals surface area contributed by atoms with Gasteiger partial charge < -0.3 is 57.5 Å². The first-order chi connectivity index (χ1) is 55.6. The van der Waals surface area contributed by atoms with Crippen LogP contribution < -0.4 is 57.5 Å². The van der Waals surface area contributed by atoms with Gasteiger partial charge in [-0.3, -0.25) is 0 Å². The third-order valence-electron chi connectivity index (χ3n) is 21.1. The van der Waals surface area contributed by atoms with Gasteiger partial charge in [-0.1, -0.05) is 121 Å². The highest BCUT2D eigenvalue weighted by Gasteiger charge is 2.56. The minimum atomic E-state index is -0.734. The van der Waals surface area contributed by atoms with Gasteiger partial charge in [-0.15, -0.1) is 45.3 Å². The molecule has 12 aromatic carbocycles. The summed E-state index contributed by atoms with van der Waals surface area (Å²) in [6.45, 7) is 0. The van der Waals surface area contributed by atoms with E-state index in [0.29, 0.717) is 0 Å². The summed E-state index contributed by atoms with van der Waals surface area (Å²) < 4.78 is 47.4. The molecule has 16 aromatic rings. The Balaban J connectivity index is 0.820. The van der Waals surface area contributed by atoms with Crippen LogP contribution in [0.2, 0.25) is 0 Å². The van der Waals surface area contributed by atoms with Gasteiger partial charge in [0.1, 0.15) is 46.0 Å². The molecule has 2 aliphatic rings. The number of hydrogen-bond donors (Lipinski definition) is 0. The number of benzene rings is 12. The molecule has 0 N–H and O–H groups in total. The first-order valence-electron chi connectivity index (χ1n) is 36.9. The van der Waals surface area contributed by atoms with E-state index in [1.165, 1.54) is 61.3 Å². The third-order valence-corrected chi connectivity index (χ3v) is 26.2. The Bertz CT molecular complexity index is 5620. The Kier molecular flexibility index (Phi) is 19.3. The Morgan fingerprint density at radius 3 is 0.646 bits per heavy atom. The minimum absolute atomic E-state index is 0.734. The molecule has 16 heteroatoms. The fourth-order valence-corrected chi connectivity index (χ4v) is 21.1. The minimum Gasteiger partial charge on any atom is -0.497 e. The molecule has 4 aromatic heterocycles. The van der Waals surface area contributed by atoms with Crippen LogP contribution in [0.4, 0.5) is 68.2 Å². The van der Waals surface area contributed by atoms with E-state index in [2.05, 4.69) is 214 Å². The summed E-state index contributed by atoms with van der Waals surface area (Å²) in [6.07, 6.45) is 0. The molecular formula is C97H76N4O8S4. The first kappa shape index (κ1) is 71.6. The molecular weight excluding hydrogens is 1480 g/mol. The lowest BCUT2D eigenvalue weighted by molar-refractivity contribution is 0.412. The van der Waals surface area contributed by atoms with Crippen molar-refractivity contribution < 1.29 is 37.9 Å². The van der Waals surface area contributed by atoms with Crippen molar-refractivity contribution in [3.05, 3.63) is 338 Å². The van der Waals surface area contributed by atoms with Crippen LogP contribution in [-0.2, 0) is 5.41 Å². The Hall–Kier alpha value is -13.0. The van der Waals surface area contributed by atoms with Gasteiger partial charge in [-0.2, -0.15) is 0 Å². The molecule has 18 rings (SSSR count). The van der Waals surface area contributed by atoms with E-state index in [-0.39, 0.29) is 0 Å². The maximum Gasteiger partial charge on any atom is 0.142 e. The van der Waals surface area contributed by atoms with E-state index in [1.807, 2.05) is 167 Å². The van der Waals surface area contributed by atoms with E-state index in [1.54, 1.807) is 56.9 Å². The zero-order chi connectivity index (χ0) is 76.8. The second kappa shape index (κ2) is 30.4. The van der Waals surface area contributed by atoms with Crippen molar-refractivity contribution in [1.29, 1.82) is 0 Å². The van der Waals surface area contributed by atoms with Gasteiger partial charge in [-0.25, -0.2) is 0 Å². The van der Waals surface area contributed by atoms with Gasteiger partial charge in [0.05, 0.1) is 105 Å². The standard InChI is InChI=1S/C97H76N4O8S4/c1-102-73-25-17-21-69(53-73)98(70-22-18-26-74(54-70)103-2)65-45-37-61(38-46-65)89-57-77-93(110-89)94-78(58-90(111-94)62-39-47-66(48-40-62)99(71-23-19-27-75(55-71)104-3)72-24-20-28-76(56-72)105-4)97(77)79-59-91(63-41-49-67(50-42-63)100(81-29-9-13-33-85(81)106-5)82-30-10-14-34-86(82)107-6)112-95(79)96-80(97)60-92(113-96)64-43-51-68(52-44-64)101(83-31-11-15-35-87(83)108-7)84-32-12-16-36-88(84)109-8/h9-60H,1-8H3. The fourth-order valence-electron chi connectivity index (χ4n) is 15.9. The molecule has 12 nitrogen and oxygen atoms in total. The molecule has 0 bridgehead atoms. The predicted molar refractivity (Wildman–Crippen MR) is 467 cm³/mol. The molecule has 0 aliphatic heterocycles. The van der Waals surface area contributed by atoms with Crippen LogP contribution in [0.25, 0.3) is 61.3 Å². The largest absolute Gasteiger partial charge is 0.497 e. The van der Waals surface area contributed by atoms with Gasteiger partial charge in [0.15, 0.2) is 0 Å². The highest BCUT2D eigenvalue weighted by atomic mass is 32.1. The van der Waals surface area contributed by atoms with Gasteiger partial charge in [-0.05, 0) is 214 Å². The summed E-state index contributed by atoms with van der Waals surface area (Å²) in [5.74, 6) is 6.02. The number of hydrogen-bond acceptors (Lipinski definition) is 16. The Labute approximate surface area is 673 Å². The number of nitrogens with zero attached hydrogens (tertiary/aromatic N) is 4. The van der Waals surface area contributed by atoms with Crippen molar-refractivity contribution in [2.24, 2.45) is 0 Å². The van der Waals surface area contributed by atoms with E-state index in [9.17, 15) is 0 Å². The number of rotatable bonds is 24. The summed E-state index contributed by atoms with van der Waals surface area (Å²) in [5, 5.41) is 0. The van der Waals surface area contributed by atoms with Crippen molar-refractivity contribution in [3.8, 4) is 107 Å². The summed E-state index contributed by atoms with van der Waals surface area (Å²) in [4.78, 5) is 18.6. The van der Waals surface area contributed by atoms with Gasteiger partial charge in [0, 0.05) is 89.3 Å². The molecule has 1 spiro atoms. The number of anilines is 12. The molecule has 0 fully saturated rings.